The van der Waals surface area contributed by atoms with E-state index in [4.69, 9.17) is 16.0 Å². The predicted octanol–water partition coefficient (Wildman–Crippen LogP) is 4.39. The molecule has 0 spiro atoms. The molecule has 3 nitrogen and oxygen atoms in total. The summed E-state index contributed by atoms with van der Waals surface area (Å²) in [5.41, 5.74) is 0.993. The minimum atomic E-state index is 0.656. The first-order chi connectivity index (χ1) is 9.56. The molecule has 0 aliphatic rings. The highest BCUT2D eigenvalue weighted by Crippen LogP contribution is 2.28. The summed E-state index contributed by atoms with van der Waals surface area (Å²) < 4.78 is 6.90. The van der Waals surface area contributed by atoms with E-state index in [0.717, 1.165) is 40.3 Å². The van der Waals surface area contributed by atoms with Gasteiger partial charge in [-0.05, 0) is 53.3 Å². The first-order valence-electron chi connectivity index (χ1n) is 6.67. The molecule has 1 N–H and O–H groups in total. The van der Waals surface area contributed by atoms with Gasteiger partial charge in [-0.3, -0.25) is 0 Å². The normalized spacial score (nSPS) is 11.2. The highest BCUT2D eigenvalue weighted by molar-refractivity contribution is 14.1. The quantitative estimate of drug-likeness (QED) is 0.573. The summed E-state index contributed by atoms with van der Waals surface area (Å²) >= 11 is 8.30. The summed E-state index contributed by atoms with van der Waals surface area (Å²) in [7, 11) is 0. The van der Waals surface area contributed by atoms with E-state index < -0.39 is 0 Å². The van der Waals surface area contributed by atoms with E-state index in [1.165, 1.54) is 0 Å². The third kappa shape index (κ3) is 4.46. The van der Waals surface area contributed by atoms with Gasteiger partial charge < -0.3 is 9.73 Å². The fourth-order valence-corrected chi connectivity index (χ4v) is 2.60. The van der Waals surface area contributed by atoms with Gasteiger partial charge in [-0.15, -0.1) is 0 Å². The minimum absolute atomic E-state index is 0.656. The minimum Gasteiger partial charge on any atom is -0.441 e. The molecule has 1 heterocycles. The van der Waals surface area contributed by atoms with Crippen LogP contribution < -0.4 is 5.32 Å². The first-order valence-corrected chi connectivity index (χ1v) is 8.13. The largest absolute Gasteiger partial charge is 0.441 e. The van der Waals surface area contributed by atoms with E-state index in [0.29, 0.717) is 10.9 Å². The van der Waals surface area contributed by atoms with Crippen molar-refractivity contribution in [3.63, 3.8) is 0 Å². The van der Waals surface area contributed by atoms with E-state index in [-0.39, 0.29) is 0 Å². The number of hydrogen-bond acceptors (Lipinski definition) is 3. The predicted molar refractivity (Wildman–Crippen MR) is 91.1 cm³/mol. The van der Waals surface area contributed by atoms with Gasteiger partial charge in [-0.25, -0.2) is 4.98 Å². The van der Waals surface area contributed by atoms with Crippen molar-refractivity contribution >= 4 is 34.2 Å². The van der Waals surface area contributed by atoms with Crippen LogP contribution in [0.2, 0.25) is 5.02 Å². The molecule has 0 atom stereocenters. The molecule has 0 fully saturated rings. The van der Waals surface area contributed by atoms with Crippen LogP contribution in [-0.4, -0.2) is 18.1 Å². The Morgan fingerprint density at radius 1 is 1.40 bits per heavy atom. The Labute approximate surface area is 138 Å². The monoisotopic (exact) mass is 404 g/mol. The van der Waals surface area contributed by atoms with Crippen molar-refractivity contribution in [3.8, 4) is 11.3 Å². The highest BCUT2D eigenvalue weighted by atomic mass is 127. The number of hydrogen-bond donors (Lipinski definition) is 1. The maximum Gasteiger partial charge on any atom is 0.196 e. The molecule has 0 amide bonds. The van der Waals surface area contributed by atoms with Crippen LogP contribution in [0.25, 0.3) is 11.3 Å². The van der Waals surface area contributed by atoms with Gasteiger partial charge in [0, 0.05) is 27.1 Å². The van der Waals surface area contributed by atoms with Crippen LogP contribution >= 0.6 is 34.2 Å². The van der Waals surface area contributed by atoms with Gasteiger partial charge in [-0.2, -0.15) is 0 Å². The van der Waals surface area contributed by atoms with Gasteiger partial charge in [0.05, 0.1) is 6.20 Å². The third-order valence-electron chi connectivity index (χ3n) is 2.82. The molecule has 2 rings (SSSR count). The Kier molecular flexibility index (Phi) is 5.86. The second-order valence-electron chi connectivity index (χ2n) is 5.09. The molecule has 1 aromatic heterocycles. The summed E-state index contributed by atoms with van der Waals surface area (Å²) in [4.78, 5) is 4.33. The molecule has 0 bridgehead atoms. The molecule has 5 heteroatoms. The molecule has 0 aliphatic carbocycles. The van der Waals surface area contributed by atoms with E-state index in [9.17, 15) is 0 Å². The van der Waals surface area contributed by atoms with Crippen LogP contribution in [0.3, 0.4) is 0 Å². The molecule has 0 unspecified atom stereocenters. The highest BCUT2D eigenvalue weighted by Gasteiger charge is 2.10. The molecule has 2 aromatic rings. The van der Waals surface area contributed by atoms with E-state index in [1.54, 1.807) is 6.20 Å². The zero-order valence-corrected chi connectivity index (χ0v) is 14.5. The first kappa shape index (κ1) is 15.8. The average molecular weight is 405 g/mol. The summed E-state index contributed by atoms with van der Waals surface area (Å²) in [5, 5.41) is 4.09. The smallest absolute Gasteiger partial charge is 0.196 e. The van der Waals surface area contributed by atoms with Crippen LogP contribution in [0.1, 0.15) is 19.7 Å². The van der Waals surface area contributed by atoms with Crippen molar-refractivity contribution in [2.24, 2.45) is 5.92 Å². The number of nitrogens with zero attached hydrogens (tertiary/aromatic N) is 1. The maximum atomic E-state index is 6.03. The Morgan fingerprint density at radius 3 is 2.95 bits per heavy atom. The number of oxazole rings is 1. The SMILES string of the molecule is CC(C)CNCCc1ncc(-c2cc(Cl)ccc2I)o1. The Hall–Kier alpha value is -0.590. The van der Waals surface area contributed by atoms with E-state index in [2.05, 4.69) is 46.7 Å². The Morgan fingerprint density at radius 2 is 2.20 bits per heavy atom. The summed E-state index contributed by atoms with van der Waals surface area (Å²) in [6.45, 7) is 6.28. The number of benzene rings is 1. The second kappa shape index (κ2) is 7.43. The molecular weight excluding hydrogens is 387 g/mol. The molecule has 0 saturated heterocycles. The fourth-order valence-electron chi connectivity index (χ4n) is 1.82. The van der Waals surface area contributed by atoms with Gasteiger partial charge in [-0.1, -0.05) is 25.4 Å². The standard InChI is InChI=1S/C15H18ClIN2O/c1-10(2)8-18-6-5-15-19-9-14(20-15)12-7-11(16)3-4-13(12)17/h3-4,7,9-10,18H,5-6,8H2,1-2H3. The van der Waals surface area contributed by atoms with E-state index >= 15 is 0 Å². The van der Waals surface area contributed by atoms with Crippen LogP contribution in [0, 0.1) is 9.49 Å². The zero-order chi connectivity index (χ0) is 14.5. The van der Waals surface area contributed by atoms with Crippen molar-refractivity contribution in [1.29, 1.82) is 0 Å². The second-order valence-corrected chi connectivity index (χ2v) is 6.69. The Balaban J connectivity index is 2.00. The van der Waals surface area contributed by atoms with Crippen molar-refractivity contribution in [1.82, 2.24) is 10.3 Å². The van der Waals surface area contributed by atoms with Crippen LogP contribution in [0.5, 0.6) is 0 Å². The van der Waals surface area contributed by atoms with Gasteiger partial charge in [0.2, 0.25) is 0 Å². The molecule has 0 aliphatic heterocycles. The lowest BCUT2D eigenvalue weighted by molar-refractivity contribution is 0.483. The average Bonchev–Trinajstić information content (AvgIpc) is 2.86. The number of halogens is 2. The van der Waals surface area contributed by atoms with Gasteiger partial charge >= 0.3 is 0 Å². The zero-order valence-electron chi connectivity index (χ0n) is 11.6. The summed E-state index contributed by atoms with van der Waals surface area (Å²) in [6.07, 6.45) is 2.56. The molecule has 0 saturated carbocycles. The summed E-state index contributed by atoms with van der Waals surface area (Å²) in [6, 6.07) is 5.76. The topological polar surface area (TPSA) is 38.1 Å². The Bertz CT molecular complexity index is 569. The number of rotatable bonds is 6. The molecule has 108 valence electrons. The third-order valence-corrected chi connectivity index (χ3v) is 3.99. The van der Waals surface area contributed by atoms with Crippen molar-refractivity contribution in [2.45, 2.75) is 20.3 Å². The molecule has 20 heavy (non-hydrogen) atoms. The van der Waals surface area contributed by atoms with Gasteiger partial charge in [0.1, 0.15) is 0 Å². The lowest BCUT2D eigenvalue weighted by Crippen LogP contribution is -2.22. The van der Waals surface area contributed by atoms with Gasteiger partial charge in [0.25, 0.3) is 0 Å². The maximum absolute atomic E-state index is 6.03. The van der Waals surface area contributed by atoms with Crippen molar-refractivity contribution in [3.05, 3.63) is 38.9 Å². The lowest BCUT2D eigenvalue weighted by atomic mass is 10.2. The fraction of sp³-hybridized carbons (Fsp3) is 0.400. The van der Waals surface area contributed by atoms with Crippen LogP contribution in [0.15, 0.2) is 28.8 Å². The molecule has 1 aromatic carbocycles. The van der Waals surface area contributed by atoms with Crippen molar-refractivity contribution in [2.75, 3.05) is 13.1 Å². The molecule has 0 radical (unpaired) electrons. The molecular formula is C15H18ClIN2O. The van der Waals surface area contributed by atoms with Crippen molar-refractivity contribution < 1.29 is 4.42 Å². The van der Waals surface area contributed by atoms with Gasteiger partial charge in [0.15, 0.2) is 11.7 Å². The lowest BCUT2D eigenvalue weighted by Gasteiger charge is -2.05. The van der Waals surface area contributed by atoms with Crippen LogP contribution in [0.4, 0.5) is 0 Å². The van der Waals surface area contributed by atoms with Crippen LogP contribution in [-0.2, 0) is 6.42 Å². The number of aromatic nitrogens is 1. The summed E-state index contributed by atoms with van der Waals surface area (Å²) in [5.74, 6) is 2.19. The number of nitrogens with one attached hydrogen (secondary N) is 1. The van der Waals surface area contributed by atoms with E-state index in [1.807, 2.05) is 18.2 Å².